The Morgan fingerprint density at radius 2 is 1.70 bits per heavy atom. The Morgan fingerprint density at radius 3 is 2.39 bits per heavy atom. The third-order valence-corrected chi connectivity index (χ3v) is 5.31. The molecule has 0 aliphatic rings. The maximum Gasteiger partial charge on any atom is 0.226 e. The zero-order chi connectivity index (χ0) is 22.8. The SMILES string of the molecule is COc1ccc(CNc2nc3cc(OC)c(OC)cc3c3nc(-c4cccnc4)nn23)cc1. The van der Waals surface area contributed by atoms with Crippen molar-refractivity contribution in [3.63, 3.8) is 0 Å². The lowest BCUT2D eigenvalue weighted by molar-refractivity contribution is 0.356. The molecule has 0 spiro atoms. The van der Waals surface area contributed by atoms with Gasteiger partial charge in [0, 0.05) is 36.0 Å². The van der Waals surface area contributed by atoms with E-state index in [4.69, 9.17) is 29.3 Å². The van der Waals surface area contributed by atoms with Crippen molar-refractivity contribution in [3.8, 4) is 28.6 Å². The molecule has 5 aromatic rings. The zero-order valence-corrected chi connectivity index (χ0v) is 18.4. The molecular formula is C24H22N6O3. The molecule has 0 unspecified atom stereocenters. The van der Waals surface area contributed by atoms with Crippen LogP contribution in [-0.2, 0) is 6.54 Å². The molecule has 0 radical (unpaired) electrons. The Balaban J connectivity index is 1.64. The molecule has 5 rings (SSSR count). The second kappa shape index (κ2) is 8.62. The highest BCUT2D eigenvalue weighted by Crippen LogP contribution is 2.34. The number of nitrogens with one attached hydrogen (secondary N) is 1. The first-order valence-corrected chi connectivity index (χ1v) is 10.3. The number of anilines is 1. The van der Waals surface area contributed by atoms with Crippen molar-refractivity contribution >= 4 is 22.5 Å². The molecule has 33 heavy (non-hydrogen) atoms. The predicted molar refractivity (Wildman–Crippen MR) is 125 cm³/mol. The molecule has 166 valence electrons. The number of rotatable bonds is 7. The van der Waals surface area contributed by atoms with E-state index in [1.165, 1.54) is 0 Å². The highest BCUT2D eigenvalue weighted by atomic mass is 16.5. The van der Waals surface area contributed by atoms with Crippen LogP contribution in [0.4, 0.5) is 5.95 Å². The lowest BCUT2D eigenvalue weighted by Crippen LogP contribution is -2.08. The number of hydrogen-bond donors (Lipinski definition) is 1. The van der Waals surface area contributed by atoms with Gasteiger partial charge in [0.2, 0.25) is 5.95 Å². The van der Waals surface area contributed by atoms with Crippen LogP contribution in [-0.4, -0.2) is 45.9 Å². The first kappa shape index (κ1) is 20.5. The fraction of sp³-hybridized carbons (Fsp3) is 0.167. The summed E-state index contributed by atoms with van der Waals surface area (Å²) >= 11 is 0. The fourth-order valence-corrected chi connectivity index (χ4v) is 3.59. The van der Waals surface area contributed by atoms with E-state index in [0.29, 0.717) is 41.0 Å². The molecule has 0 atom stereocenters. The lowest BCUT2D eigenvalue weighted by Gasteiger charge is -2.12. The summed E-state index contributed by atoms with van der Waals surface area (Å²) in [6, 6.07) is 15.3. The molecule has 0 saturated heterocycles. The van der Waals surface area contributed by atoms with Crippen LogP contribution in [0.1, 0.15) is 5.56 Å². The predicted octanol–water partition coefficient (Wildman–Crippen LogP) is 3.98. The number of ether oxygens (including phenoxy) is 3. The molecule has 2 aromatic carbocycles. The summed E-state index contributed by atoms with van der Waals surface area (Å²) in [6.45, 7) is 0.549. The van der Waals surface area contributed by atoms with Crippen LogP contribution in [0.25, 0.3) is 27.9 Å². The fourth-order valence-electron chi connectivity index (χ4n) is 3.59. The van der Waals surface area contributed by atoms with Gasteiger partial charge in [-0.25, -0.2) is 9.97 Å². The Kier molecular flexibility index (Phi) is 5.35. The molecule has 0 amide bonds. The molecule has 0 saturated carbocycles. The van der Waals surface area contributed by atoms with Gasteiger partial charge in [-0.1, -0.05) is 12.1 Å². The van der Waals surface area contributed by atoms with E-state index in [1.54, 1.807) is 38.2 Å². The zero-order valence-electron chi connectivity index (χ0n) is 18.4. The van der Waals surface area contributed by atoms with Crippen molar-refractivity contribution in [1.29, 1.82) is 0 Å². The van der Waals surface area contributed by atoms with E-state index in [1.807, 2.05) is 48.5 Å². The number of fused-ring (bicyclic) bond motifs is 3. The van der Waals surface area contributed by atoms with E-state index in [2.05, 4.69) is 10.3 Å². The first-order chi connectivity index (χ1) is 16.2. The number of methoxy groups -OCH3 is 3. The third kappa shape index (κ3) is 3.84. The van der Waals surface area contributed by atoms with Gasteiger partial charge in [0.25, 0.3) is 0 Å². The standard InChI is InChI=1S/C24H22N6O3/c1-31-17-8-6-15(7-9-17)13-26-24-27-19-12-21(33-3)20(32-2)11-18(19)23-28-22(29-30(23)24)16-5-4-10-25-14-16/h4-12,14H,13H2,1-3H3,(H,26,27). The normalized spacial score (nSPS) is 11.0. The lowest BCUT2D eigenvalue weighted by atomic mass is 10.2. The summed E-state index contributed by atoms with van der Waals surface area (Å²) in [5.41, 5.74) is 3.25. The average Bonchev–Trinajstić information content (AvgIpc) is 3.33. The summed E-state index contributed by atoms with van der Waals surface area (Å²) in [5, 5.41) is 8.90. The van der Waals surface area contributed by atoms with Gasteiger partial charge in [-0.15, -0.1) is 5.10 Å². The van der Waals surface area contributed by atoms with E-state index < -0.39 is 0 Å². The number of aromatic nitrogens is 5. The summed E-state index contributed by atoms with van der Waals surface area (Å²) in [4.78, 5) is 13.8. The molecule has 9 heteroatoms. The quantitative estimate of drug-likeness (QED) is 0.404. The molecule has 0 aliphatic carbocycles. The second-order valence-corrected chi connectivity index (χ2v) is 7.27. The molecule has 0 bridgehead atoms. The first-order valence-electron chi connectivity index (χ1n) is 10.3. The Morgan fingerprint density at radius 1 is 0.909 bits per heavy atom. The smallest absolute Gasteiger partial charge is 0.226 e. The van der Waals surface area contributed by atoms with Crippen LogP contribution < -0.4 is 19.5 Å². The second-order valence-electron chi connectivity index (χ2n) is 7.27. The van der Waals surface area contributed by atoms with E-state index in [0.717, 1.165) is 22.3 Å². The summed E-state index contributed by atoms with van der Waals surface area (Å²) in [5.74, 6) is 3.11. The van der Waals surface area contributed by atoms with E-state index >= 15 is 0 Å². The van der Waals surface area contributed by atoms with Crippen LogP contribution in [0.2, 0.25) is 0 Å². The van der Waals surface area contributed by atoms with Crippen LogP contribution in [0.15, 0.2) is 60.9 Å². The maximum atomic E-state index is 5.49. The van der Waals surface area contributed by atoms with Crippen molar-refractivity contribution < 1.29 is 14.2 Å². The summed E-state index contributed by atoms with van der Waals surface area (Å²) in [6.07, 6.45) is 3.45. The van der Waals surface area contributed by atoms with Crippen molar-refractivity contribution in [2.75, 3.05) is 26.6 Å². The number of hydrogen-bond acceptors (Lipinski definition) is 8. The van der Waals surface area contributed by atoms with Crippen LogP contribution in [0.5, 0.6) is 17.2 Å². The largest absolute Gasteiger partial charge is 0.497 e. The van der Waals surface area contributed by atoms with Crippen molar-refractivity contribution in [1.82, 2.24) is 24.6 Å². The highest BCUT2D eigenvalue weighted by molar-refractivity contribution is 5.95. The van der Waals surface area contributed by atoms with Crippen molar-refractivity contribution in [3.05, 3.63) is 66.5 Å². The Labute approximate surface area is 190 Å². The van der Waals surface area contributed by atoms with Gasteiger partial charge in [-0.2, -0.15) is 4.52 Å². The van der Waals surface area contributed by atoms with Crippen LogP contribution in [0.3, 0.4) is 0 Å². The molecule has 9 nitrogen and oxygen atoms in total. The average molecular weight is 442 g/mol. The number of pyridine rings is 1. The van der Waals surface area contributed by atoms with Gasteiger partial charge in [0.1, 0.15) is 5.75 Å². The molecule has 0 aliphatic heterocycles. The monoisotopic (exact) mass is 442 g/mol. The molecule has 3 aromatic heterocycles. The molecule has 3 heterocycles. The Bertz CT molecular complexity index is 1420. The van der Waals surface area contributed by atoms with Gasteiger partial charge >= 0.3 is 0 Å². The number of nitrogens with zero attached hydrogens (tertiary/aromatic N) is 5. The minimum atomic E-state index is 0.549. The van der Waals surface area contributed by atoms with E-state index in [-0.39, 0.29) is 0 Å². The summed E-state index contributed by atoms with van der Waals surface area (Å²) < 4.78 is 17.9. The summed E-state index contributed by atoms with van der Waals surface area (Å²) in [7, 11) is 4.85. The molecular weight excluding hydrogens is 420 g/mol. The Hall–Kier alpha value is -4.40. The minimum absolute atomic E-state index is 0.549. The highest BCUT2D eigenvalue weighted by Gasteiger charge is 2.17. The molecule has 1 N–H and O–H groups in total. The molecule has 0 fully saturated rings. The number of benzene rings is 2. The van der Waals surface area contributed by atoms with Gasteiger partial charge in [-0.05, 0) is 35.9 Å². The van der Waals surface area contributed by atoms with Crippen molar-refractivity contribution in [2.24, 2.45) is 0 Å². The van der Waals surface area contributed by atoms with Gasteiger partial charge in [0.05, 0.1) is 26.8 Å². The van der Waals surface area contributed by atoms with Crippen LogP contribution in [0, 0.1) is 0 Å². The van der Waals surface area contributed by atoms with Crippen molar-refractivity contribution in [2.45, 2.75) is 6.54 Å². The topological polar surface area (TPSA) is 95.7 Å². The van der Waals surface area contributed by atoms with Gasteiger partial charge in [0.15, 0.2) is 23.0 Å². The van der Waals surface area contributed by atoms with Gasteiger partial charge in [-0.3, -0.25) is 4.98 Å². The van der Waals surface area contributed by atoms with Crippen LogP contribution >= 0.6 is 0 Å². The minimum Gasteiger partial charge on any atom is -0.497 e. The van der Waals surface area contributed by atoms with E-state index in [9.17, 15) is 0 Å². The maximum absolute atomic E-state index is 5.49. The third-order valence-electron chi connectivity index (χ3n) is 5.31. The van der Waals surface area contributed by atoms with Gasteiger partial charge < -0.3 is 19.5 Å².